The van der Waals surface area contributed by atoms with E-state index in [1.807, 2.05) is 0 Å². The minimum Gasteiger partial charge on any atom is -0.391 e. The lowest BCUT2D eigenvalue weighted by atomic mass is 9.92. The molecular weight excluding hydrogens is 232 g/mol. The van der Waals surface area contributed by atoms with Gasteiger partial charge in [-0.2, -0.15) is 0 Å². The number of carbonyl (C=O) groups excluding carboxylic acids is 1. The average molecular weight is 250 g/mol. The first-order valence-electron chi connectivity index (χ1n) is 6.26. The van der Waals surface area contributed by atoms with Gasteiger partial charge in [-0.15, -0.1) is 0 Å². The second-order valence-electron chi connectivity index (χ2n) is 4.83. The van der Waals surface area contributed by atoms with E-state index in [-0.39, 0.29) is 17.0 Å². The van der Waals surface area contributed by atoms with Crippen LogP contribution < -0.4 is 10.7 Å². The third kappa shape index (κ3) is 2.79. The Balaban J connectivity index is 2.09. The summed E-state index contributed by atoms with van der Waals surface area (Å²) in [7, 11) is 0. The summed E-state index contributed by atoms with van der Waals surface area (Å²) < 4.78 is 0. The van der Waals surface area contributed by atoms with Gasteiger partial charge in [0.05, 0.1) is 12.1 Å². The lowest BCUT2D eigenvalue weighted by Crippen LogP contribution is -2.46. The second-order valence-corrected chi connectivity index (χ2v) is 4.83. The van der Waals surface area contributed by atoms with Gasteiger partial charge in [-0.05, 0) is 19.8 Å². The molecule has 1 saturated carbocycles. The first-order chi connectivity index (χ1) is 8.58. The van der Waals surface area contributed by atoms with E-state index < -0.39 is 12.0 Å². The van der Waals surface area contributed by atoms with E-state index in [0.717, 1.165) is 19.3 Å². The van der Waals surface area contributed by atoms with Crippen molar-refractivity contribution in [3.8, 4) is 0 Å². The molecule has 2 atom stereocenters. The predicted octanol–water partition coefficient (Wildman–Crippen LogP) is 0.717. The summed E-state index contributed by atoms with van der Waals surface area (Å²) in [5.41, 5.74) is 0.515. The SMILES string of the molecule is Cc1cc(=O)c(C(=O)N[C@H]2CCCC[C@@H]2O)c[nH]1. The molecular formula is C13H18N2O3. The molecule has 1 fully saturated rings. The molecule has 0 spiro atoms. The highest BCUT2D eigenvalue weighted by molar-refractivity contribution is 5.94. The van der Waals surface area contributed by atoms with Gasteiger partial charge >= 0.3 is 0 Å². The van der Waals surface area contributed by atoms with Crippen molar-refractivity contribution in [2.75, 3.05) is 0 Å². The van der Waals surface area contributed by atoms with Gasteiger partial charge < -0.3 is 15.4 Å². The van der Waals surface area contributed by atoms with E-state index >= 15 is 0 Å². The van der Waals surface area contributed by atoms with Crippen molar-refractivity contribution in [1.82, 2.24) is 10.3 Å². The minimum atomic E-state index is -0.507. The number of aryl methyl sites for hydroxylation is 1. The van der Waals surface area contributed by atoms with E-state index in [0.29, 0.717) is 12.1 Å². The summed E-state index contributed by atoms with van der Waals surface area (Å²) in [5, 5.41) is 12.5. The molecule has 1 aliphatic rings. The summed E-state index contributed by atoms with van der Waals surface area (Å²) in [6, 6.07) is 1.15. The number of pyridine rings is 1. The third-order valence-electron chi connectivity index (χ3n) is 3.35. The number of carbonyl (C=O) groups is 1. The Labute approximate surface area is 105 Å². The topological polar surface area (TPSA) is 82.2 Å². The Kier molecular flexibility index (Phi) is 3.81. The number of hydrogen-bond donors (Lipinski definition) is 3. The number of aromatic amines is 1. The zero-order valence-electron chi connectivity index (χ0n) is 10.4. The minimum absolute atomic E-state index is 0.0957. The Morgan fingerprint density at radius 3 is 2.83 bits per heavy atom. The summed E-state index contributed by atoms with van der Waals surface area (Å²) in [6.07, 6.45) is 4.35. The summed E-state index contributed by atoms with van der Waals surface area (Å²) >= 11 is 0. The van der Waals surface area contributed by atoms with Crippen molar-refractivity contribution < 1.29 is 9.90 Å². The molecule has 2 rings (SSSR count). The third-order valence-corrected chi connectivity index (χ3v) is 3.35. The molecule has 5 nitrogen and oxygen atoms in total. The molecule has 0 aromatic carbocycles. The summed E-state index contributed by atoms with van der Waals surface area (Å²) in [6.45, 7) is 1.76. The number of H-pyrrole nitrogens is 1. The highest BCUT2D eigenvalue weighted by Crippen LogP contribution is 2.18. The van der Waals surface area contributed by atoms with Gasteiger partial charge in [0, 0.05) is 18.0 Å². The van der Waals surface area contributed by atoms with Gasteiger partial charge in [-0.3, -0.25) is 9.59 Å². The van der Waals surface area contributed by atoms with Crippen molar-refractivity contribution in [1.29, 1.82) is 0 Å². The lowest BCUT2D eigenvalue weighted by Gasteiger charge is -2.28. The van der Waals surface area contributed by atoms with Gasteiger partial charge in [0.15, 0.2) is 5.43 Å². The Morgan fingerprint density at radius 1 is 1.44 bits per heavy atom. The van der Waals surface area contributed by atoms with Crippen LogP contribution in [-0.4, -0.2) is 28.1 Å². The zero-order chi connectivity index (χ0) is 13.1. The van der Waals surface area contributed by atoms with E-state index in [2.05, 4.69) is 10.3 Å². The largest absolute Gasteiger partial charge is 0.391 e. The van der Waals surface area contributed by atoms with Gasteiger partial charge in [0.1, 0.15) is 5.56 Å². The number of nitrogens with one attached hydrogen (secondary N) is 2. The van der Waals surface area contributed by atoms with Gasteiger partial charge in [-0.25, -0.2) is 0 Å². The monoisotopic (exact) mass is 250 g/mol. The molecule has 1 aliphatic carbocycles. The van der Waals surface area contributed by atoms with Crippen LogP contribution in [0.2, 0.25) is 0 Å². The molecule has 1 aromatic heterocycles. The van der Waals surface area contributed by atoms with E-state index in [1.54, 1.807) is 6.92 Å². The van der Waals surface area contributed by atoms with Crippen LogP contribution in [0.15, 0.2) is 17.1 Å². The van der Waals surface area contributed by atoms with Crippen molar-refractivity contribution >= 4 is 5.91 Å². The maximum atomic E-state index is 11.9. The quantitative estimate of drug-likeness (QED) is 0.723. The van der Waals surface area contributed by atoms with E-state index in [4.69, 9.17) is 0 Å². The Bertz CT molecular complexity index is 495. The number of rotatable bonds is 2. The number of aromatic nitrogens is 1. The number of hydrogen-bond acceptors (Lipinski definition) is 3. The van der Waals surface area contributed by atoms with Crippen LogP contribution in [0.5, 0.6) is 0 Å². The Hall–Kier alpha value is -1.62. The molecule has 1 heterocycles. The van der Waals surface area contributed by atoms with Crippen molar-refractivity contribution in [3.63, 3.8) is 0 Å². The van der Waals surface area contributed by atoms with E-state index in [1.165, 1.54) is 12.3 Å². The first-order valence-corrected chi connectivity index (χ1v) is 6.26. The van der Waals surface area contributed by atoms with Crippen molar-refractivity contribution in [3.05, 3.63) is 33.7 Å². The van der Waals surface area contributed by atoms with Crippen LogP contribution in [0.3, 0.4) is 0 Å². The fourth-order valence-electron chi connectivity index (χ4n) is 2.28. The normalized spacial score (nSPS) is 23.7. The molecule has 0 bridgehead atoms. The molecule has 3 N–H and O–H groups in total. The summed E-state index contributed by atoms with van der Waals surface area (Å²) in [5.74, 6) is -0.415. The van der Waals surface area contributed by atoms with E-state index in [9.17, 15) is 14.7 Å². The first kappa shape index (κ1) is 12.8. The number of aliphatic hydroxyl groups excluding tert-OH is 1. The molecule has 18 heavy (non-hydrogen) atoms. The maximum absolute atomic E-state index is 11.9. The lowest BCUT2D eigenvalue weighted by molar-refractivity contribution is 0.0716. The van der Waals surface area contributed by atoms with Crippen LogP contribution in [0, 0.1) is 6.92 Å². The molecule has 0 radical (unpaired) electrons. The highest BCUT2D eigenvalue weighted by atomic mass is 16.3. The van der Waals surface area contributed by atoms with Crippen molar-refractivity contribution in [2.45, 2.75) is 44.8 Å². The highest BCUT2D eigenvalue weighted by Gasteiger charge is 2.25. The van der Waals surface area contributed by atoms with Crippen LogP contribution >= 0.6 is 0 Å². The zero-order valence-corrected chi connectivity index (χ0v) is 10.4. The number of aliphatic hydroxyl groups is 1. The molecule has 0 unspecified atom stereocenters. The fourth-order valence-corrected chi connectivity index (χ4v) is 2.28. The molecule has 0 saturated heterocycles. The van der Waals surface area contributed by atoms with Gasteiger partial charge in [0.2, 0.25) is 0 Å². The van der Waals surface area contributed by atoms with Crippen LogP contribution in [-0.2, 0) is 0 Å². The van der Waals surface area contributed by atoms with Gasteiger partial charge in [0.25, 0.3) is 5.91 Å². The average Bonchev–Trinajstić information content (AvgIpc) is 2.32. The standard InChI is InChI=1S/C13H18N2O3/c1-8-6-12(17)9(7-14-8)13(18)15-10-4-2-3-5-11(10)16/h6-7,10-11,16H,2-5H2,1H3,(H,14,17)(H,15,18)/t10-,11-/m0/s1. The number of amides is 1. The molecule has 98 valence electrons. The van der Waals surface area contributed by atoms with Crippen LogP contribution in [0.4, 0.5) is 0 Å². The maximum Gasteiger partial charge on any atom is 0.257 e. The van der Waals surface area contributed by atoms with Crippen LogP contribution in [0.1, 0.15) is 41.7 Å². The molecule has 1 amide bonds. The molecule has 0 aliphatic heterocycles. The smallest absolute Gasteiger partial charge is 0.257 e. The second kappa shape index (κ2) is 5.35. The predicted molar refractivity (Wildman–Crippen MR) is 67.5 cm³/mol. The van der Waals surface area contributed by atoms with Gasteiger partial charge in [-0.1, -0.05) is 12.8 Å². The fraction of sp³-hybridized carbons (Fsp3) is 0.538. The molecule has 1 aromatic rings. The molecule has 5 heteroatoms. The Morgan fingerprint density at radius 2 is 2.17 bits per heavy atom. The van der Waals surface area contributed by atoms with Crippen LogP contribution in [0.25, 0.3) is 0 Å². The summed E-state index contributed by atoms with van der Waals surface area (Å²) in [4.78, 5) is 26.5. The van der Waals surface area contributed by atoms with Crippen molar-refractivity contribution in [2.24, 2.45) is 0 Å².